The fraction of sp³-hybridized carbons (Fsp3) is 0.467. The molecule has 1 fully saturated rings. The summed E-state index contributed by atoms with van der Waals surface area (Å²) in [4.78, 5) is 28.7. The minimum absolute atomic E-state index is 0.0266. The number of fused-ring (bicyclic) bond motifs is 3. The largest absolute Gasteiger partial charge is 0.493 e. The molecule has 2 amide bonds. The van der Waals surface area contributed by atoms with Gasteiger partial charge in [-0.05, 0) is 60.7 Å². The molecule has 3 aliphatic rings. The average Bonchev–Trinajstić information content (AvgIpc) is 3.31. The van der Waals surface area contributed by atoms with Gasteiger partial charge in [-0.25, -0.2) is 4.39 Å². The molecule has 4 N–H and O–H groups in total. The highest BCUT2D eigenvalue weighted by Crippen LogP contribution is 2.51. The number of aliphatic hydroxyl groups excluding tert-OH is 3. The van der Waals surface area contributed by atoms with Gasteiger partial charge in [0.15, 0.2) is 11.5 Å². The van der Waals surface area contributed by atoms with E-state index in [1.165, 1.54) is 19.2 Å². The molecule has 40 heavy (non-hydrogen) atoms. The molecule has 10 heteroatoms. The first kappa shape index (κ1) is 28.1. The number of amides is 2. The summed E-state index contributed by atoms with van der Waals surface area (Å²) < 4.78 is 25.6. The topological polar surface area (TPSA) is 129 Å². The van der Waals surface area contributed by atoms with E-state index in [-0.39, 0.29) is 43.9 Å². The molecule has 2 aromatic carbocycles. The van der Waals surface area contributed by atoms with Gasteiger partial charge >= 0.3 is 0 Å². The Morgan fingerprint density at radius 3 is 2.62 bits per heavy atom. The normalized spacial score (nSPS) is 23.3. The summed E-state index contributed by atoms with van der Waals surface area (Å²) in [5.74, 6) is -1.07. The molecule has 1 heterocycles. The van der Waals surface area contributed by atoms with E-state index in [4.69, 9.17) is 9.47 Å². The number of ether oxygens (including phenoxy) is 2. The summed E-state index contributed by atoms with van der Waals surface area (Å²) in [5, 5.41) is 33.6. The van der Waals surface area contributed by atoms with Gasteiger partial charge in [0, 0.05) is 30.1 Å². The van der Waals surface area contributed by atoms with Gasteiger partial charge < -0.3 is 35.0 Å². The van der Waals surface area contributed by atoms with Crippen LogP contribution in [0.2, 0.25) is 0 Å². The molecule has 2 aliphatic carbocycles. The van der Waals surface area contributed by atoms with Crippen molar-refractivity contribution in [1.82, 2.24) is 10.2 Å². The Labute approximate surface area is 232 Å². The molecule has 9 nitrogen and oxygen atoms in total. The lowest BCUT2D eigenvalue weighted by atomic mass is 9.76. The highest BCUT2D eigenvalue weighted by molar-refractivity contribution is 5.96. The van der Waals surface area contributed by atoms with Crippen molar-refractivity contribution in [3.8, 4) is 11.5 Å². The van der Waals surface area contributed by atoms with Crippen molar-refractivity contribution in [2.75, 3.05) is 26.8 Å². The average molecular weight is 555 g/mol. The van der Waals surface area contributed by atoms with Crippen LogP contribution in [0, 0.1) is 11.7 Å². The van der Waals surface area contributed by atoms with Crippen LogP contribution in [0.3, 0.4) is 0 Å². The minimum atomic E-state index is -1.19. The van der Waals surface area contributed by atoms with Crippen molar-refractivity contribution in [2.45, 2.75) is 56.5 Å². The summed E-state index contributed by atoms with van der Waals surface area (Å²) >= 11 is 0. The molecule has 2 aromatic rings. The lowest BCUT2D eigenvalue weighted by molar-refractivity contribution is -0.144. The van der Waals surface area contributed by atoms with Gasteiger partial charge in [-0.2, -0.15) is 0 Å². The Kier molecular flexibility index (Phi) is 8.39. The third-order valence-electron chi connectivity index (χ3n) is 8.12. The van der Waals surface area contributed by atoms with Crippen molar-refractivity contribution in [3.05, 3.63) is 70.6 Å². The van der Waals surface area contributed by atoms with Crippen LogP contribution in [0.5, 0.6) is 11.5 Å². The van der Waals surface area contributed by atoms with E-state index in [9.17, 15) is 29.3 Å². The molecule has 4 unspecified atom stereocenters. The van der Waals surface area contributed by atoms with Crippen LogP contribution in [0.4, 0.5) is 4.39 Å². The Hall–Kier alpha value is -3.47. The Morgan fingerprint density at radius 1 is 1.18 bits per heavy atom. The second kappa shape index (κ2) is 12.0. The third-order valence-corrected chi connectivity index (χ3v) is 8.12. The van der Waals surface area contributed by atoms with Crippen molar-refractivity contribution in [2.24, 2.45) is 5.92 Å². The summed E-state index contributed by atoms with van der Waals surface area (Å²) in [6.45, 7) is -0.274. The molecule has 1 saturated carbocycles. The molecule has 214 valence electrons. The van der Waals surface area contributed by atoms with Gasteiger partial charge in [0.2, 0.25) is 11.8 Å². The van der Waals surface area contributed by atoms with E-state index in [0.717, 1.165) is 19.3 Å². The van der Waals surface area contributed by atoms with E-state index >= 15 is 0 Å². The van der Waals surface area contributed by atoms with Gasteiger partial charge in [0.1, 0.15) is 18.0 Å². The minimum Gasteiger partial charge on any atom is -0.493 e. The number of carbonyl (C=O) groups is 2. The number of benzene rings is 2. The van der Waals surface area contributed by atoms with Crippen LogP contribution in [-0.4, -0.2) is 77.1 Å². The van der Waals surface area contributed by atoms with Gasteiger partial charge in [-0.3, -0.25) is 9.59 Å². The lowest BCUT2D eigenvalue weighted by Crippen LogP contribution is -2.57. The number of methoxy groups -OCH3 is 1. The van der Waals surface area contributed by atoms with Crippen LogP contribution in [-0.2, 0) is 22.6 Å². The summed E-state index contributed by atoms with van der Waals surface area (Å²) in [7, 11) is 1.47. The third kappa shape index (κ3) is 5.31. The van der Waals surface area contributed by atoms with Crippen LogP contribution < -0.4 is 14.8 Å². The zero-order valence-electron chi connectivity index (χ0n) is 22.4. The first-order valence-corrected chi connectivity index (χ1v) is 13.7. The predicted octanol–water partition coefficient (Wildman–Crippen LogP) is 1.82. The van der Waals surface area contributed by atoms with Gasteiger partial charge in [0.25, 0.3) is 0 Å². The highest BCUT2D eigenvalue weighted by atomic mass is 19.1. The standard InChI is InChI=1S/C30H35FN2O7/c1-39-24-14-18(16-35)13-21-25-22(29(37)32-9-11-34)15-23(26(36)28(25)40-27(21)24)33(30(38)19-5-3-6-19)10-8-17-4-2-7-20(31)12-17/h2,4,7,12-15,19,23,25-26,28,34-36H,3,5-6,8-11,16H2,1H3,(H,32,37). The molecule has 0 bridgehead atoms. The first-order valence-electron chi connectivity index (χ1n) is 13.7. The second-order valence-corrected chi connectivity index (χ2v) is 10.6. The Balaban J connectivity index is 1.55. The molecule has 4 atom stereocenters. The maximum absolute atomic E-state index is 13.9. The monoisotopic (exact) mass is 554 g/mol. The predicted molar refractivity (Wildman–Crippen MR) is 143 cm³/mol. The van der Waals surface area contributed by atoms with Gasteiger partial charge in [0.05, 0.1) is 32.3 Å². The van der Waals surface area contributed by atoms with Crippen LogP contribution >= 0.6 is 0 Å². The maximum atomic E-state index is 13.9. The van der Waals surface area contributed by atoms with Crippen molar-refractivity contribution in [1.29, 1.82) is 0 Å². The van der Waals surface area contributed by atoms with Crippen LogP contribution in [0.15, 0.2) is 48.0 Å². The van der Waals surface area contributed by atoms with E-state index in [0.29, 0.717) is 40.2 Å². The number of hydrogen-bond donors (Lipinski definition) is 4. The summed E-state index contributed by atoms with van der Waals surface area (Å²) in [5.41, 5.74) is 2.16. The van der Waals surface area contributed by atoms with Crippen molar-refractivity contribution in [3.63, 3.8) is 0 Å². The number of halogens is 1. The second-order valence-electron chi connectivity index (χ2n) is 10.6. The van der Waals surface area contributed by atoms with Crippen LogP contribution in [0.25, 0.3) is 0 Å². The number of nitrogens with zero attached hydrogens (tertiary/aromatic N) is 1. The number of carbonyl (C=O) groups excluding carboxylic acids is 2. The number of nitrogens with one attached hydrogen (secondary N) is 1. The smallest absolute Gasteiger partial charge is 0.247 e. The fourth-order valence-electron chi connectivity index (χ4n) is 5.86. The zero-order chi connectivity index (χ0) is 28.4. The van der Waals surface area contributed by atoms with Gasteiger partial charge in [-0.1, -0.05) is 18.6 Å². The summed E-state index contributed by atoms with van der Waals surface area (Å²) in [6.07, 6.45) is 2.34. The number of rotatable bonds is 10. The van der Waals surface area contributed by atoms with E-state index < -0.39 is 30.1 Å². The summed E-state index contributed by atoms with van der Waals surface area (Å²) in [6, 6.07) is 8.67. The number of hydrogen-bond acceptors (Lipinski definition) is 7. The quantitative estimate of drug-likeness (QED) is 0.353. The van der Waals surface area contributed by atoms with E-state index in [1.54, 1.807) is 35.2 Å². The lowest BCUT2D eigenvalue weighted by Gasteiger charge is -2.43. The molecule has 0 radical (unpaired) electrons. The molecular formula is C30H35FN2O7. The molecule has 0 saturated heterocycles. The van der Waals surface area contributed by atoms with Crippen molar-refractivity contribution < 1.29 is 38.8 Å². The van der Waals surface area contributed by atoms with E-state index in [2.05, 4.69) is 5.32 Å². The molecule has 1 aliphatic heterocycles. The van der Waals surface area contributed by atoms with E-state index in [1.807, 2.05) is 0 Å². The number of aliphatic hydroxyl groups is 3. The Morgan fingerprint density at radius 2 is 1.98 bits per heavy atom. The zero-order valence-corrected chi connectivity index (χ0v) is 22.4. The maximum Gasteiger partial charge on any atom is 0.247 e. The molecular weight excluding hydrogens is 519 g/mol. The molecule has 0 spiro atoms. The highest BCUT2D eigenvalue weighted by Gasteiger charge is 2.52. The van der Waals surface area contributed by atoms with Crippen LogP contribution in [0.1, 0.15) is 41.9 Å². The van der Waals surface area contributed by atoms with Crippen molar-refractivity contribution >= 4 is 11.8 Å². The Bertz CT molecular complexity index is 1290. The first-order chi connectivity index (χ1) is 19.4. The van der Waals surface area contributed by atoms with Gasteiger partial charge in [-0.15, -0.1) is 0 Å². The fourth-order valence-corrected chi connectivity index (χ4v) is 5.86. The molecule has 5 rings (SSSR count). The molecule has 0 aromatic heterocycles. The SMILES string of the molecule is COc1cc(CO)cc2c1OC1C2C(C(=O)NCCO)=CC(N(CCc2cccc(F)c2)C(=O)C2CCC2)C1O.